The average molecular weight is 249 g/mol. The van der Waals surface area contributed by atoms with Crippen LogP contribution >= 0.6 is 0 Å². The van der Waals surface area contributed by atoms with Gasteiger partial charge >= 0.3 is 5.97 Å². The summed E-state index contributed by atoms with van der Waals surface area (Å²) in [6.45, 7) is 1.77. The van der Waals surface area contributed by atoms with Crippen molar-refractivity contribution in [2.75, 3.05) is 19.1 Å². The van der Waals surface area contributed by atoms with Crippen LogP contribution in [0.5, 0.6) is 0 Å². The predicted molar refractivity (Wildman–Crippen MR) is 70.3 cm³/mol. The Morgan fingerprint density at radius 3 is 2.44 bits per heavy atom. The van der Waals surface area contributed by atoms with Crippen LogP contribution in [0, 0.1) is 5.92 Å². The maximum absolute atomic E-state index is 11.9. The van der Waals surface area contributed by atoms with Crippen LogP contribution in [0.15, 0.2) is 30.3 Å². The van der Waals surface area contributed by atoms with Gasteiger partial charge in [-0.2, -0.15) is 0 Å². The quantitative estimate of drug-likeness (QED) is 0.752. The summed E-state index contributed by atoms with van der Waals surface area (Å²) in [5, 5.41) is 0. The van der Waals surface area contributed by atoms with Gasteiger partial charge in [-0.1, -0.05) is 25.1 Å². The first-order valence-electron chi connectivity index (χ1n) is 5.95. The van der Waals surface area contributed by atoms with Crippen molar-refractivity contribution in [3.05, 3.63) is 30.3 Å². The van der Waals surface area contributed by atoms with Crippen molar-refractivity contribution in [1.29, 1.82) is 0 Å². The number of carbonyl (C=O) groups excluding carboxylic acids is 2. The number of esters is 1. The second kappa shape index (κ2) is 6.79. The molecule has 0 aliphatic rings. The smallest absolute Gasteiger partial charge is 0.308 e. The van der Waals surface area contributed by atoms with E-state index in [1.807, 2.05) is 30.3 Å². The van der Waals surface area contributed by atoms with E-state index < -0.39 is 0 Å². The van der Waals surface area contributed by atoms with E-state index >= 15 is 0 Å². The Morgan fingerprint density at radius 1 is 1.28 bits per heavy atom. The van der Waals surface area contributed by atoms with E-state index in [9.17, 15) is 9.59 Å². The molecular weight excluding hydrogens is 230 g/mol. The van der Waals surface area contributed by atoms with Gasteiger partial charge < -0.3 is 9.64 Å². The van der Waals surface area contributed by atoms with Crippen molar-refractivity contribution in [3.8, 4) is 0 Å². The number of para-hydroxylation sites is 1. The van der Waals surface area contributed by atoms with E-state index in [-0.39, 0.29) is 17.8 Å². The van der Waals surface area contributed by atoms with Gasteiger partial charge in [-0.05, 0) is 18.6 Å². The number of carbonyl (C=O) groups is 2. The molecule has 4 heteroatoms. The van der Waals surface area contributed by atoms with Crippen LogP contribution < -0.4 is 4.90 Å². The Bertz CT molecular complexity index is 403. The number of rotatable bonds is 5. The molecule has 0 aliphatic heterocycles. The molecule has 4 nitrogen and oxygen atoms in total. The Hall–Kier alpha value is -1.84. The number of methoxy groups -OCH3 is 1. The van der Waals surface area contributed by atoms with Crippen molar-refractivity contribution >= 4 is 17.6 Å². The lowest BCUT2D eigenvalue weighted by Gasteiger charge is -2.18. The third kappa shape index (κ3) is 3.87. The summed E-state index contributed by atoms with van der Waals surface area (Å²) in [5.41, 5.74) is 0.855. The Kier molecular flexibility index (Phi) is 5.36. The highest BCUT2D eigenvalue weighted by Crippen LogP contribution is 2.15. The highest BCUT2D eigenvalue weighted by molar-refractivity contribution is 5.92. The second-order valence-electron chi connectivity index (χ2n) is 4.25. The van der Waals surface area contributed by atoms with Crippen molar-refractivity contribution in [2.24, 2.45) is 5.92 Å². The maximum Gasteiger partial charge on any atom is 0.308 e. The minimum atomic E-state index is -0.273. The normalized spacial score (nSPS) is 11.7. The van der Waals surface area contributed by atoms with Crippen LogP contribution in [-0.4, -0.2) is 26.0 Å². The summed E-state index contributed by atoms with van der Waals surface area (Å²) in [5.74, 6) is -0.523. The Balaban J connectivity index is 2.49. The first kappa shape index (κ1) is 14.2. The zero-order valence-corrected chi connectivity index (χ0v) is 11.1. The number of hydrogen-bond acceptors (Lipinski definition) is 3. The van der Waals surface area contributed by atoms with E-state index in [1.165, 1.54) is 7.11 Å². The molecule has 1 amide bonds. The minimum Gasteiger partial charge on any atom is -0.469 e. The molecule has 0 saturated heterocycles. The fourth-order valence-electron chi connectivity index (χ4n) is 1.62. The molecule has 1 unspecified atom stereocenters. The van der Waals surface area contributed by atoms with E-state index in [1.54, 1.807) is 18.9 Å². The van der Waals surface area contributed by atoms with Gasteiger partial charge in [-0.15, -0.1) is 0 Å². The number of amides is 1. The molecular formula is C14H19NO3. The standard InChI is InChI=1S/C14H19NO3/c1-11(14(17)18-3)9-10-13(16)15(2)12-7-5-4-6-8-12/h4-8,11H,9-10H2,1-3H3. The second-order valence-corrected chi connectivity index (χ2v) is 4.25. The highest BCUT2D eigenvalue weighted by atomic mass is 16.5. The van der Waals surface area contributed by atoms with Crippen molar-refractivity contribution in [2.45, 2.75) is 19.8 Å². The molecule has 0 heterocycles. The molecule has 0 bridgehead atoms. The average Bonchev–Trinajstić information content (AvgIpc) is 2.43. The lowest BCUT2D eigenvalue weighted by molar-refractivity contribution is -0.145. The van der Waals surface area contributed by atoms with Crippen LogP contribution in [0.3, 0.4) is 0 Å². The lowest BCUT2D eigenvalue weighted by Crippen LogP contribution is -2.27. The van der Waals surface area contributed by atoms with Gasteiger partial charge in [-0.3, -0.25) is 9.59 Å². The molecule has 0 aromatic heterocycles. The Morgan fingerprint density at radius 2 is 1.89 bits per heavy atom. The molecule has 98 valence electrons. The number of benzene rings is 1. The summed E-state index contributed by atoms with van der Waals surface area (Å²) < 4.78 is 4.63. The van der Waals surface area contributed by atoms with Gasteiger partial charge in [0.1, 0.15) is 0 Å². The molecule has 0 N–H and O–H groups in total. The maximum atomic E-state index is 11.9. The van der Waals surface area contributed by atoms with E-state index in [0.717, 1.165) is 5.69 Å². The molecule has 1 aromatic carbocycles. The molecule has 0 fully saturated rings. The van der Waals surface area contributed by atoms with Crippen LogP contribution in [-0.2, 0) is 14.3 Å². The number of hydrogen-bond donors (Lipinski definition) is 0. The fraction of sp³-hybridized carbons (Fsp3) is 0.429. The molecule has 1 aromatic rings. The predicted octanol–water partition coefficient (Wildman–Crippen LogP) is 2.24. The number of ether oxygens (including phenoxy) is 1. The van der Waals surface area contributed by atoms with E-state index in [0.29, 0.717) is 12.8 Å². The fourth-order valence-corrected chi connectivity index (χ4v) is 1.62. The van der Waals surface area contributed by atoms with Gasteiger partial charge in [0.05, 0.1) is 13.0 Å². The van der Waals surface area contributed by atoms with Crippen LogP contribution in [0.2, 0.25) is 0 Å². The van der Waals surface area contributed by atoms with Crippen LogP contribution in [0.1, 0.15) is 19.8 Å². The molecule has 0 radical (unpaired) electrons. The molecule has 0 saturated carbocycles. The zero-order chi connectivity index (χ0) is 13.5. The summed E-state index contributed by atoms with van der Waals surface area (Å²) in [7, 11) is 3.09. The van der Waals surface area contributed by atoms with E-state index in [4.69, 9.17) is 0 Å². The number of anilines is 1. The largest absolute Gasteiger partial charge is 0.469 e. The van der Waals surface area contributed by atoms with Crippen LogP contribution in [0.4, 0.5) is 5.69 Å². The molecule has 0 aliphatic carbocycles. The molecule has 1 atom stereocenters. The van der Waals surface area contributed by atoms with Gasteiger partial charge in [0.2, 0.25) is 5.91 Å². The van der Waals surface area contributed by atoms with E-state index in [2.05, 4.69) is 4.74 Å². The third-order valence-corrected chi connectivity index (χ3v) is 2.91. The summed E-state index contributed by atoms with van der Waals surface area (Å²) >= 11 is 0. The summed E-state index contributed by atoms with van der Waals surface area (Å²) in [4.78, 5) is 24.8. The number of nitrogens with zero attached hydrogens (tertiary/aromatic N) is 1. The zero-order valence-electron chi connectivity index (χ0n) is 11.1. The summed E-state index contributed by atoms with van der Waals surface area (Å²) in [6.07, 6.45) is 0.838. The molecule has 0 spiro atoms. The van der Waals surface area contributed by atoms with Crippen molar-refractivity contribution in [1.82, 2.24) is 0 Å². The van der Waals surface area contributed by atoms with Crippen LogP contribution in [0.25, 0.3) is 0 Å². The van der Waals surface area contributed by atoms with Crippen molar-refractivity contribution in [3.63, 3.8) is 0 Å². The van der Waals surface area contributed by atoms with Crippen molar-refractivity contribution < 1.29 is 14.3 Å². The highest BCUT2D eigenvalue weighted by Gasteiger charge is 2.17. The van der Waals surface area contributed by atoms with Gasteiger partial charge in [0, 0.05) is 19.2 Å². The topological polar surface area (TPSA) is 46.6 Å². The minimum absolute atomic E-state index is 0.00282. The first-order chi connectivity index (χ1) is 8.56. The third-order valence-electron chi connectivity index (χ3n) is 2.91. The van der Waals surface area contributed by atoms with Gasteiger partial charge in [0.15, 0.2) is 0 Å². The summed E-state index contributed by atoms with van der Waals surface area (Å²) in [6, 6.07) is 9.43. The van der Waals surface area contributed by atoms with Gasteiger partial charge in [0.25, 0.3) is 0 Å². The monoisotopic (exact) mass is 249 g/mol. The lowest BCUT2D eigenvalue weighted by atomic mass is 10.1. The first-order valence-corrected chi connectivity index (χ1v) is 5.95. The molecule has 1 rings (SSSR count). The van der Waals surface area contributed by atoms with Gasteiger partial charge in [-0.25, -0.2) is 0 Å². The molecule has 18 heavy (non-hydrogen) atoms. The Labute approximate surface area is 108 Å². The SMILES string of the molecule is COC(=O)C(C)CCC(=O)N(C)c1ccccc1.